The first-order valence-corrected chi connectivity index (χ1v) is 4.74. The van der Waals surface area contributed by atoms with Crippen molar-refractivity contribution in [3.8, 4) is 0 Å². The first-order chi connectivity index (χ1) is 6.12. The Morgan fingerprint density at radius 1 is 1.23 bits per heavy atom. The van der Waals surface area contributed by atoms with E-state index in [1.165, 1.54) is 11.1 Å². The molecule has 0 saturated heterocycles. The minimum Gasteiger partial charge on any atom is -0.374 e. The first-order valence-electron chi connectivity index (χ1n) is 4.74. The SMILES string of the molecule is CCC(C)(OC)c1ccc(C)cc1. The van der Waals surface area contributed by atoms with Gasteiger partial charge in [-0.25, -0.2) is 0 Å². The molecule has 0 aliphatic heterocycles. The summed E-state index contributed by atoms with van der Waals surface area (Å²) in [6, 6.07) is 8.54. The second-order valence-electron chi connectivity index (χ2n) is 3.65. The molecule has 0 N–H and O–H groups in total. The molecule has 1 nitrogen and oxygen atoms in total. The molecule has 0 radical (unpaired) electrons. The molecule has 1 atom stereocenters. The van der Waals surface area contributed by atoms with Crippen molar-refractivity contribution < 1.29 is 4.74 Å². The van der Waals surface area contributed by atoms with E-state index in [9.17, 15) is 0 Å². The van der Waals surface area contributed by atoms with Crippen molar-refractivity contribution >= 4 is 0 Å². The van der Waals surface area contributed by atoms with E-state index in [-0.39, 0.29) is 5.60 Å². The number of ether oxygens (including phenoxy) is 1. The molecule has 72 valence electrons. The summed E-state index contributed by atoms with van der Waals surface area (Å²) in [5, 5.41) is 0. The van der Waals surface area contributed by atoms with E-state index >= 15 is 0 Å². The zero-order chi connectivity index (χ0) is 9.90. The Labute approximate surface area is 80.7 Å². The first kappa shape index (κ1) is 10.3. The van der Waals surface area contributed by atoms with Gasteiger partial charge in [-0.1, -0.05) is 36.8 Å². The van der Waals surface area contributed by atoms with E-state index in [0.717, 1.165) is 6.42 Å². The lowest BCUT2D eigenvalue weighted by atomic mass is 9.92. The maximum Gasteiger partial charge on any atom is 0.0896 e. The molecule has 1 heteroatoms. The molecular formula is C12H18O. The van der Waals surface area contributed by atoms with Crippen LogP contribution in [0.4, 0.5) is 0 Å². The lowest BCUT2D eigenvalue weighted by Crippen LogP contribution is -2.22. The number of hydrogen-bond donors (Lipinski definition) is 0. The molecule has 0 saturated carbocycles. The molecule has 1 aromatic carbocycles. The van der Waals surface area contributed by atoms with Gasteiger partial charge in [0, 0.05) is 7.11 Å². The molecule has 0 bridgehead atoms. The Bertz CT molecular complexity index is 257. The van der Waals surface area contributed by atoms with Gasteiger partial charge in [0.2, 0.25) is 0 Å². The summed E-state index contributed by atoms with van der Waals surface area (Å²) in [4.78, 5) is 0. The van der Waals surface area contributed by atoms with Gasteiger partial charge in [-0.2, -0.15) is 0 Å². The average Bonchev–Trinajstić information content (AvgIpc) is 2.18. The molecular weight excluding hydrogens is 160 g/mol. The predicted octanol–water partition coefficient (Wildman–Crippen LogP) is 3.27. The Hall–Kier alpha value is -0.820. The van der Waals surface area contributed by atoms with Crippen molar-refractivity contribution in [1.82, 2.24) is 0 Å². The second kappa shape index (κ2) is 3.93. The number of benzene rings is 1. The van der Waals surface area contributed by atoms with Crippen LogP contribution in [0, 0.1) is 6.92 Å². The minimum absolute atomic E-state index is 0.131. The number of rotatable bonds is 3. The molecule has 1 rings (SSSR count). The van der Waals surface area contributed by atoms with E-state index in [1.54, 1.807) is 7.11 Å². The molecule has 0 aliphatic rings. The average molecular weight is 178 g/mol. The van der Waals surface area contributed by atoms with Gasteiger partial charge in [0.05, 0.1) is 5.60 Å². The van der Waals surface area contributed by atoms with E-state index in [4.69, 9.17) is 4.74 Å². The molecule has 13 heavy (non-hydrogen) atoms. The fourth-order valence-electron chi connectivity index (χ4n) is 1.37. The molecule has 0 fully saturated rings. The Morgan fingerprint density at radius 3 is 2.15 bits per heavy atom. The van der Waals surface area contributed by atoms with Crippen LogP contribution in [0.2, 0.25) is 0 Å². The highest BCUT2D eigenvalue weighted by atomic mass is 16.5. The molecule has 0 aromatic heterocycles. The fourth-order valence-corrected chi connectivity index (χ4v) is 1.37. The van der Waals surface area contributed by atoms with Crippen LogP contribution < -0.4 is 0 Å². The van der Waals surface area contributed by atoms with Gasteiger partial charge in [-0.15, -0.1) is 0 Å². The lowest BCUT2D eigenvalue weighted by Gasteiger charge is -2.27. The predicted molar refractivity (Wildman–Crippen MR) is 55.8 cm³/mol. The van der Waals surface area contributed by atoms with Crippen LogP contribution in [-0.4, -0.2) is 7.11 Å². The summed E-state index contributed by atoms with van der Waals surface area (Å²) in [5.41, 5.74) is 2.41. The zero-order valence-electron chi connectivity index (χ0n) is 8.92. The number of hydrogen-bond acceptors (Lipinski definition) is 1. The third-order valence-corrected chi connectivity index (χ3v) is 2.79. The Kier molecular flexibility index (Phi) is 3.10. The maximum absolute atomic E-state index is 5.51. The van der Waals surface area contributed by atoms with Crippen molar-refractivity contribution in [2.75, 3.05) is 7.11 Å². The van der Waals surface area contributed by atoms with Gasteiger partial charge in [0.1, 0.15) is 0 Å². The zero-order valence-corrected chi connectivity index (χ0v) is 8.92. The van der Waals surface area contributed by atoms with E-state index in [1.807, 2.05) is 0 Å². The summed E-state index contributed by atoms with van der Waals surface area (Å²) in [7, 11) is 1.77. The highest BCUT2D eigenvalue weighted by molar-refractivity contribution is 5.26. The van der Waals surface area contributed by atoms with Crippen LogP contribution in [0.3, 0.4) is 0 Å². The fraction of sp³-hybridized carbons (Fsp3) is 0.500. The third-order valence-electron chi connectivity index (χ3n) is 2.79. The van der Waals surface area contributed by atoms with Crippen molar-refractivity contribution in [1.29, 1.82) is 0 Å². The van der Waals surface area contributed by atoms with Crippen LogP contribution >= 0.6 is 0 Å². The van der Waals surface area contributed by atoms with Crippen LogP contribution in [0.15, 0.2) is 24.3 Å². The van der Waals surface area contributed by atoms with Gasteiger partial charge in [0.15, 0.2) is 0 Å². The number of methoxy groups -OCH3 is 1. The molecule has 0 amide bonds. The monoisotopic (exact) mass is 178 g/mol. The topological polar surface area (TPSA) is 9.23 Å². The summed E-state index contributed by atoms with van der Waals surface area (Å²) in [6.45, 7) is 6.36. The summed E-state index contributed by atoms with van der Waals surface area (Å²) in [6.07, 6.45) is 0.993. The standard InChI is InChI=1S/C12H18O/c1-5-12(3,13-4)11-8-6-10(2)7-9-11/h6-9H,5H2,1-4H3. The van der Waals surface area contributed by atoms with Crippen LogP contribution in [0.5, 0.6) is 0 Å². The normalized spacial score (nSPS) is 15.4. The number of aryl methyl sites for hydroxylation is 1. The van der Waals surface area contributed by atoms with Gasteiger partial charge in [-0.05, 0) is 25.8 Å². The highest BCUT2D eigenvalue weighted by Gasteiger charge is 2.22. The quantitative estimate of drug-likeness (QED) is 0.690. The van der Waals surface area contributed by atoms with E-state index in [0.29, 0.717) is 0 Å². The Morgan fingerprint density at radius 2 is 1.77 bits per heavy atom. The van der Waals surface area contributed by atoms with Crippen molar-refractivity contribution in [3.63, 3.8) is 0 Å². The van der Waals surface area contributed by atoms with Gasteiger partial charge in [0.25, 0.3) is 0 Å². The van der Waals surface area contributed by atoms with Crippen LogP contribution in [0.25, 0.3) is 0 Å². The van der Waals surface area contributed by atoms with Crippen molar-refractivity contribution in [2.24, 2.45) is 0 Å². The highest BCUT2D eigenvalue weighted by Crippen LogP contribution is 2.27. The van der Waals surface area contributed by atoms with Crippen molar-refractivity contribution in [2.45, 2.75) is 32.8 Å². The smallest absolute Gasteiger partial charge is 0.0896 e. The minimum atomic E-state index is -0.131. The van der Waals surface area contributed by atoms with Crippen molar-refractivity contribution in [3.05, 3.63) is 35.4 Å². The van der Waals surface area contributed by atoms with Gasteiger partial charge >= 0.3 is 0 Å². The van der Waals surface area contributed by atoms with Gasteiger partial charge in [-0.3, -0.25) is 0 Å². The molecule has 0 aliphatic carbocycles. The van der Waals surface area contributed by atoms with Crippen LogP contribution in [-0.2, 0) is 10.3 Å². The van der Waals surface area contributed by atoms with Crippen LogP contribution in [0.1, 0.15) is 31.4 Å². The molecule has 1 aromatic rings. The molecule has 0 heterocycles. The summed E-state index contributed by atoms with van der Waals surface area (Å²) in [5.74, 6) is 0. The van der Waals surface area contributed by atoms with Gasteiger partial charge < -0.3 is 4.74 Å². The maximum atomic E-state index is 5.51. The largest absolute Gasteiger partial charge is 0.374 e. The van der Waals surface area contributed by atoms with E-state index in [2.05, 4.69) is 45.0 Å². The summed E-state index contributed by atoms with van der Waals surface area (Å²) < 4.78 is 5.51. The Balaban J connectivity index is 2.99. The third kappa shape index (κ3) is 2.10. The molecule has 0 spiro atoms. The van der Waals surface area contributed by atoms with E-state index < -0.39 is 0 Å². The summed E-state index contributed by atoms with van der Waals surface area (Å²) >= 11 is 0. The molecule has 1 unspecified atom stereocenters. The lowest BCUT2D eigenvalue weighted by molar-refractivity contribution is -0.00140. The second-order valence-corrected chi connectivity index (χ2v) is 3.65.